The molecule has 0 unspecified atom stereocenters. The van der Waals surface area contributed by atoms with Crippen LogP contribution < -0.4 is 5.32 Å². The lowest BCUT2D eigenvalue weighted by Gasteiger charge is -2.21. The van der Waals surface area contributed by atoms with Crippen LogP contribution in [0.5, 0.6) is 5.75 Å². The Morgan fingerprint density at radius 3 is 2.31 bits per heavy atom. The fourth-order valence-electron chi connectivity index (χ4n) is 2.79. The molecule has 2 aromatic carbocycles. The molecule has 0 bridgehead atoms. The first-order valence-electron chi connectivity index (χ1n) is 7.35. The first-order chi connectivity index (χ1) is 12.5. The molecule has 9 heteroatoms. The van der Waals surface area contributed by atoms with E-state index in [2.05, 4.69) is 20.7 Å². The number of hydrogen-bond donors (Lipinski definition) is 2. The van der Waals surface area contributed by atoms with Crippen molar-refractivity contribution in [3.05, 3.63) is 70.4 Å². The summed E-state index contributed by atoms with van der Waals surface area (Å²) in [5, 5.41) is 21.7. The monoisotopic (exact) mass is 354 g/mol. The minimum atomic E-state index is -1.50. The summed E-state index contributed by atoms with van der Waals surface area (Å²) in [7, 11) is 0. The highest BCUT2D eigenvalue weighted by Gasteiger charge is 2.33. The molecule has 3 aromatic rings. The number of phenols is 1. The Morgan fingerprint density at radius 1 is 0.885 bits per heavy atom. The molecular formula is C17H8F2N4O3. The van der Waals surface area contributed by atoms with Gasteiger partial charge in [-0.15, -0.1) is 5.10 Å². The number of hydrogen-bond acceptors (Lipinski definition) is 7. The Morgan fingerprint density at radius 2 is 1.58 bits per heavy atom. The van der Waals surface area contributed by atoms with Crippen molar-refractivity contribution < 1.29 is 23.5 Å². The first kappa shape index (κ1) is 15.8. The van der Waals surface area contributed by atoms with Crippen molar-refractivity contribution in [2.24, 2.45) is 0 Å². The number of nitrogens with zero attached hydrogens (tertiary/aromatic N) is 3. The number of fused-ring (bicyclic) bond motifs is 2. The lowest BCUT2D eigenvalue weighted by molar-refractivity contribution is 0.0979. The van der Waals surface area contributed by atoms with Crippen LogP contribution in [0.4, 0.5) is 20.3 Å². The molecule has 0 saturated heterocycles. The second kappa shape index (κ2) is 5.66. The van der Waals surface area contributed by atoms with Crippen molar-refractivity contribution in [1.29, 1.82) is 0 Å². The highest BCUT2D eigenvalue weighted by molar-refractivity contribution is 6.30. The summed E-state index contributed by atoms with van der Waals surface area (Å²) in [6, 6.07) is 8.67. The molecular weight excluding hydrogens is 346 g/mol. The second-order valence-corrected chi connectivity index (χ2v) is 5.45. The van der Waals surface area contributed by atoms with Gasteiger partial charge in [0.1, 0.15) is 5.75 Å². The molecule has 0 spiro atoms. The number of ketones is 2. The molecule has 128 valence electrons. The van der Waals surface area contributed by atoms with E-state index in [0.717, 1.165) is 0 Å². The summed E-state index contributed by atoms with van der Waals surface area (Å²) < 4.78 is 27.1. The Balaban J connectivity index is 1.92. The maximum absolute atomic E-state index is 13.8. The minimum Gasteiger partial charge on any atom is -0.506 e. The average molecular weight is 354 g/mol. The van der Waals surface area contributed by atoms with Crippen molar-refractivity contribution in [1.82, 2.24) is 15.4 Å². The number of carbonyl (C=O) groups is 2. The van der Waals surface area contributed by atoms with Crippen LogP contribution in [0.15, 0.2) is 36.4 Å². The summed E-state index contributed by atoms with van der Waals surface area (Å²) in [6.07, 6.45) is 0. The Kier molecular flexibility index (Phi) is 3.43. The predicted molar refractivity (Wildman–Crippen MR) is 84.4 cm³/mol. The molecule has 0 aliphatic heterocycles. The van der Waals surface area contributed by atoms with E-state index < -0.39 is 34.9 Å². The lowest BCUT2D eigenvalue weighted by atomic mass is 9.83. The Bertz CT molecular complexity index is 1100. The van der Waals surface area contributed by atoms with Crippen LogP contribution in [0.2, 0.25) is 0 Å². The molecule has 0 saturated carbocycles. The fourth-order valence-corrected chi connectivity index (χ4v) is 2.79. The van der Waals surface area contributed by atoms with E-state index in [4.69, 9.17) is 0 Å². The van der Waals surface area contributed by atoms with Crippen LogP contribution in [0, 0.1) is 11.8 Å². The maximum atomic E-state index is 13.8. The number of rotatable bonds is 2. The number of aromatic hydroxyl groups is 1. The van der Waals surface area contributed by atoms with Gasteiger partial charge >= 0.3 is 0 Å². The topological polar surface area (TPSA) is 105 Å². The quantitative estimate of drug-likeness (QED) is 0.533. The molecule has 0 atom stereocenters. The summed E-state index contributed by atoms with van der Waals surface area (Å²) in [4.78, 5) is 25.5. The van der Waals surface area contributed by atoms with Gasteiger partial charge in [0.05, 0.1) is 11.3 Å². The molecule has 1 aliphatic carbocycles. The van der Waals surface area contributed by atoms with Crippen molar-refractivity contribution >= 4 is 23.1 Å². The summed E-state index contributed by atoms with van der Waals surface area (Å²) in [5.41, 5.74) is -0.0353. The standard InChI is InChI=1S/C17H8F2N4O3/c18-12-16(19)21-23-22-17(12)20-13-10(24)6-5-9-11(13)15(26)8-4-2-1-3-7(8)14(9)25/h1-6,24H,(H,20,21,22). The van der Waals surface area contributed by atoms with Gasteiger partial charge in [-0.2, -0.15) is 8.78 Å². The largest absolute Gasteiger partial charge is 0.506 e. The molecule has 0 fully saturated rings. The van der Waals surface area contributed by atoms with E-state index in [1.165, 1.54) is 24.3 Å². The molecule has 2 N–H and O–H groups in total. The third-order valence-corrected chi connectivity index (χ3v) is 3.98. The third kappa shape index (κ3) is 2.21. The number of anilines is 2. The van der Waals surface area contributed by atoms with Gasteiger partial charge in [-0.05, 0) is 17.3 Å². The molecule has 7 nitrogen and oxygen atoms in total. The molecule has 1 aliphatic rings. The first-order valence-corrected chi connectivity index (χ1v) is 7.35. The predicted octanol–water partition coefficient (Wildman–Crippen LogP) is 2.37. The summed E-state index contributed by atoms with van der Waals surface area (Å²) in [5.74, 6) is -5.03. The van der Waals surface area contributed by atoms with Crippen molar-refractivity contribution in [3.63, 3.8) is 0 Å². The van der Waals surface area contributed by atoms with E-state index >= 15 is 0 Å². The highest BCUT2D eigenvalue weighted by atomic mass is 19.2. The number of carbonyl (C=O) groups excluding carboxylic acids is 2. The van der Waals surface area contributed by atoms with Crippen LogP contribution >= 0.6 is 0 Å². The van der Waals surface area contributed by atoms with Gasteiger partial charge in [0.15, 0.2) is 17.4 Å². The maximum Gasteiger partial charge on any atom is 0.274 e. The molecule has 0 amide bonds. The van der Waals surface area contributed by atoms with Crippen LogP contribution in [0.1, 0.15) is 31.8 Å². The van der Waals surface area contributed by atoms with Crippen LogP contribution in [-0.4, -0.2) is 32.1 Å². The van der Waals surface area contributed by atoms with Gasteiger partial charge in [0, 0.05) is 16.7 Å². The van der Waals surface area contributed by atoms with E-state index in [0.29, 0.717) is 0 Å². The molecule has 1 aromatic heterocycles. The molecule has 1 heterocycles. The second-order valence-electron chi connectivity index (χ2n) is 5.45. The third-order valence-electron chi connectivity index (χ3n) is 3.98. The normalized spacial score (nSPS) is 12.5. The van der Waals surface area contributed by atoms with E-state index in [9.17, 15) is 23.5 Å². The SMILES string of the molecule is O=C1c2ccccc2C(=O)c2c1ccc(O)c2Nc1nnnc(F)c1F. The number of nitrogens with one attached hydrogen (secondary N) is 1. The number of halogens is 2. The van der Waals surface area contributed by atoms with Crippen molar-refractivity contribution in [3.8, 4) is 5.75 Å². The smallest absolute Gasteiger partial charge is 0.274 e. The number of phenolic OH excluding ortho intramolecular Hbond substituents is 1. The Hall–Kier alpha value is -3.75. The number of benzene rings is 2. The van der Waals surface area contributed by atoms with Crippen molar-refractivity contribution in [2.45, 2.75) is 0 Å². The highest BCUT2D eigenvalue weighted by Crippen LogP contribution is 2.38. The molecule has 26 heavy (non-hydrogen) atoms. The van der Waals surface area contributed by atoms with Gasteiger partial charge in [0.2, 0.25) is 5.82 Å². The number of aromatic nitrogens is 3. The van der Waals surface area contributed by atoms with E-state index in [-0.39, 0.29) is 27.9 Å². The van der Waals surface area contributed by atoms with Gasteiger partial charge in [-0.25, -0.2) is 0 Å². The van der Waals surface area contributed by atoms with Gasteiger partial charge in [-0.3, -0.25) is 9.59 Å². The Labute approximate surface area is 144 Å². The van der Waals surface area contributed by atoms with Gasteiger partial charge in [-0.1, -0.05) is 29.4 Å². The lowest BCUT2D eigenvalue weighted by Crippen LogP contribution is -2.22. The van der Waals surface area contributed by atoms with Crippen LogP contribution in [0.3, 0.4) is 0 Å². The zero-order chi connectivity index (χ0) is 18.4. The van der Waals surface area contributed by atoms with Crippen LogP contribution in [0.25, 0.3) is 0 Å². The van der Waals surface area contributed by atoms with Crippen LogP contribution in [-0.2, 0) is 0 Å². The van der Waals surface area contributed by atoms with Gasteiger partial charge in [0.25, 0.3) is 5.95 Å². The minimum absolute atomic E-state index is 0.0249. The fraction of sp³-hybridized carbons (Fsp3) is 0. The summed E-state index contributed by atoms with van der Waals surface area (Å²) >= 11 is 0. The van der Waals surface area contributed by atoms with Crippen molar-refractivity contribution in [2.75, 3.05) is 5.32 Å². The average Bonchev–Trinajstić information content (AvgIpc) is 2.65. The zero-order valence-electron chi connectivity index (χ0n) is 12.8. The zero-order valence-corrected chi connectivity index (χ0v) is 12.8. The summed E-state index contributed by atoms with van der Waals surface area (Å²) in [6.45, 7) is 0. The molecule has 0 radical (unpaired) electrons. The van der Waals surface area contributed by atoms with E-state index in [1.54, 1.807) is 12.1 Å². The van der Waals surface area contributed by atoms with E-state index in [1.807, 2.05) is 0 Å². The van der Waals surface area contributed by atoms with Gasteiger partial charge < -0.3 is 10.4 Å². The molecule has 4 rings (SSSR count).